The van der Waals surface area contributed by atoms with Gasteiger partial charge in [0.1, 0.15) is 0 Å². The number of fused-ring (bicyclic) bond motifs is 5. The van der Waals surface area contributed by atoms with E-state index in [0.29, 0.717) is 17.8 Å². The summed E-state index contributed by atoms with van der Waals surface area (Å²) in [5.41, 5.74) is 4.06. The van der Waals surface area contributed by atoms with Crippen LogP contribution in [0.2, 0.25) is 5.02 Å². The highest BCUT2D eigenvalue weighted by molar-refractivity contribution is 6.30. The van der Waals surface area contributed by atoms with E-state index in [1.165, 1.54) is 17.6 Å². The van der Waals surface area contributed by atoms with Crippen LogP contribution in [0.25, 0.3) is 6.08 Å². The Balaban J connectivity index is 1.46. The van der Waals surface area contributed by atoms with Crippen LogP contribution in [0.15, 0.2) is 41.5 Å². The number of halogens is 1. The Hall–Kier alpha value is -1.09. The van der Waals surface area contributed by atoms with Crippen LogP contribution >= 0.6 is 11.6 Å². The third kappa shape index (κ3) is 3.06. The van der Waals surface area contributed by atoms with Crippen molar-refractivity contribution in [1.82, 2.24) is 0 Å². The zero-order valence-corrected chi connectivity index (χ0v) is 18.3. The van der Waals surface area contributed by atoms with Gasteiger partial charge in [0.15, 0.2) is 0 Å². The number of benzene rings is 1. The largest absolute Gasteiger partial charge is 0.393 e. The van der Waals surface area contributed by atoms with E-state index < -0.39 is 0 Å². The summed E-state index contributed by atoms with van der Waals surface area (Å²) >= 11 is 6.04. The molecular weight excluding hydrogens is 380 g/mol. The highest BCUT2D eigenvalue weighted by Gasteiger charge is 2.59. The summed E-state index contributed by atoms with van der Waals surface area (Å²) in [4.78, 5) is 0. The van der Waals surface area contributed by atoms with E-state index >= 15 is 0 Å². The van der Waals surface area contributed by atoms with Crippen LogP contribution in [-0.4, -0.2) is 22.4 Å². The molecule has 156 valence electrons. The Morgan fingerprint density at radius 1 is 1.00 bits per heavy atom. The standard InChI is InChI=1S/C26H33ClO2/c1-25-11-9-20(28)15-18(25)5-8-21-22(25)10-12-26(2)23(21)14-17(24(26)29)13-16-3-6-19(27)7-4-16/h3-7,13,20-24,28-29H,8-12,14-15H2,1-2H3. The molecular formula is C26H33ClO2. The van der Waals surface area contributed by atoms with Gasteiger partial charge in [0.2, 0.25) is 0 Å². The lowest BCUT2D eigenvalue weighted by Crippen LogP contribution is -2.51. The Labute approximate surface area is 179 Å². The molecule has 7 unspecified atom stereocenters. The second-order valence-corrected chi connectivity index (χ2v) is 11.0. The molecule has 0 heterocycles. The Kier molecular flexibility index (Phi) is 4.77. The number of hydrogen-bond donors (Lipinski definition) is 2. The van der Waals surface area contributed by atoms with E-state index in [-0.39, 0.29) is 23.0 Å². The SMILES string of the molecule is CC12CCC(O)CC1=CCC1C2CCC2(C)C(O)C(=Cc3ccc(Cl)cc3)CC12. The second-order valence-electron chi connectivity index (χ2n) is 10.6. The van der Waals surface area contributed by atoms with Gasteiger partial charge in [-0.3, -0.25) is 0 Å². The van der Waals surface area contributed by atoms with Crippen LogP contribution in [0.4, 0.5) is 0 Å². The minimum atomic E-state index is -0.351. The third-order valence-corrected chi connectivity index (χ3v) is 9.42. The summed E-state index contributed by atoms with van der Waals surface area (Å²) in [6, 6.07) is 7.93. The zero-order chi connectivity index (χ0) is 20.4. The number of allylic oxidation sites excluding steroid dienone is 1. The average Bonchev–Trinajstić information content (AvgIpc) is 2.95. The topological polar surface area (TPSA) is 40.5 Å². The molecule has 7 atom stereocenters. The number of aliphatic hydroxyl groups excluding tert-OH is 2. The molecule has 2 N–H and O–H groups in total. The number of hydrogen-bond acceptors (Lipinski definition) is 2. The predicted molar refractivity (Wildman–Crippen MR) is 119 cm³/mol. The summed E-state index contributed by atoms with van der Waals surface area (Å²) in [6.07, 6.45) is 11.5. The van der Waals surface area contributed by atoms with E-state index in [0.717, 1.165) is 49.1 Å². The van der Waals surface area contributed by atoms with Gasteiger partial charge in [0.25, 0.3) is 0 Å². The van der Waals surface area contributed by atoms with Gasteiger partial charge in [-0.1, -0.05) is 55.3 Å². The molecule has 0 aromatic heterocycles. The predicted octanol–water partition coefficient (Wildman–Crippen LogP) is 6.02. The lowest BCUT2D eigenvalue weighted by Gasteiger charge is -2.57. The molecule has 0 amide bonds. The van der Waals surface area contributed by atoms with Crippen LogP contribution in [0.1, 0.15) is 64.4 Å². The fourth-order valence-electron chi connectivity index (χ4n) is 7.41. The van der Waals surface area contributed by atoms with Gasteiger partial charge in [0.05, 0.1) is 12.2 Å². The molecule has 0 saturated heterocycles. The van der Waals surface area contributed by atoms with Crippen molar-refractivity contribution in [3.8, 4) is 0 Å². The van der Waals surface area contributed by atoms with Gasteiger partial charge >= 0.3 is 0 Å². The molecule has 0 bridgehead atoms. The minimum Gasteiger partial charge on any atom is -0.393 e. The normalized spacial score (nSPS) is 45.3. The maximum atomic E-state index is 11.3. The summed E-state index contributed by atoms with van der Waals surface area (Å²) in [6.45, 7) is 4.79. The molecule has 4 aliphatic carbocycles. The molecule has 1 aromatic carbocycles. The first-order valence-electron chi connectivity index (χ1n) is 11.3. The fourth-order valence-corrected chi connectivity index (χ4v) is 7.54. The van der Waals surface area contributed by atoms with Crippen LogP contribution in [0.5, 0.6) is 0 Å². The number of rotatable bonds is 1. The minimum absolute atomic E-state index is 0.0185. The molecule has 29 heavy (non-hydrogen) atoms. The maximum Gasteiger partial charge on any atom is 0.0809 e. The smallest absolute Gasteiger partial charge is 0.0809 e. The van der Waals surface area contributed by atoms with Crippen molar-refractivity contribution in [3.63, 3.8) is 0 Å². The number of aliphatic hydroxyl groups is 2. The molecule has 0 aliphatic heterocycles. The molecule has 3 heteroatoms. The molecule has 2 nitrogen and oxygen atoms in total. The molecule has 0 spiro atoms. The first kappa shape index (κ1) is 19.8. The van der Waals surface area contributed by atoms with E-state index in [2.05, 4.69) is 26.0 Å². The average molecular weight is 413 g/mol. The molecule has 5 rings (SSSR count). The molecule has 3 saturated carbocycles. The second kappa shape index (κ2) is 6.97. The highest BCUT2D eigenvalue weighted by atomic mass is 35.5. The van der Waals surface area contributed by atoms with E-state index in [4.69, 9.17) is 11.6 Å². The van der Waals surface area contributed by atoms with Gasteiger partial charge in [-0.25, -0.2) is 0 Å². The Bertz CT molecular complexity index is 856. The molecule has 0 radical (unpaired) electrons. The summed E-state index contributed by atoms with van der Waals surface area (Å²) in [7, 11) is 0. The van der Waals surface area contributed by atoms with Gasteiger partial charge in [0, 0.05) is 10.4 Å². The van der Waals surface area contributed by atoms with E-state index in [1.807, 2.05) is 24.3 Å². The Morgan fingerprint density at radius 3 is 2.52 bits per heavy atom. The van der Waals surface area contributed by atoms with Crippen molar-refractivity contribution < 1.29 is 10.2 Å². The lowest BCUT2D eigenvalue weighted by atomic mass is 9.48. The van der Waals surface area contributed by atoms with Crippen molar-refractivity contribution >= 4 is 17.7 Å². The zero-order valence-electron chi connectivity index (χ0n) is 17.6. The first-order valence-corrected chi connectivity index (χ1v) is 11.7. The molecule has 4 aliphatic rings. The summed E-state index contributed by atoms with van der Waals surface area (Å²) < 4.78 is 0. The van der Waals surface area contributed by atoms with Gasteiger partial charge < -0.3 is 10.2 Å². The van der Waals surface area contributed by atoms with Crippen molar-refractivity contribution in [1.29, 1.82) is 0 Å². The van der Waals surface area contributed by atoms with Crippen LogP contribution in [-0.2, 0) is 0 Å². The van der Waals surface area contributed by atoms with Crippen molar-refractivity contribution in [2.24, 2.45) is 28.6 Å². The first-order chi connectivity index (χ1) is 13.8. The van der Waals surface area contributed by atoms with Crippen LogP contribution in [0.3, 0.4) is 0 Å². The van der Waals surface area contributed by atoms with Crippen molar-refractivity contribution in [2.45, 2.75) is 71.0 Å². The monoisotopic (exact) mass is 412 g/mol. The van der Waals surface area contributed by atoms with Gasteiger partial charge in [-0.05, 0) is 91.4 Å². The van der Waals surface area contributed by atoms with Crippen LogP contribution < -0.4 is 0 Å². The van der Waals surface area contributed by atoms with Crippen molar-refractivity contribution in [2.75, 3.05) is 0 Å². The van der Waals surface area contributed by atoms with Crippen molar-refractivity contribution in [3.05, 3.63) is 52.1 Å². The van der Waals surface area contributed by atoms with E-state index in [1.54, 1.807) is 0 Å². The Morgan fingerprint density at radius 2 is 1.76 bits per heavy atom. The molecule has 3 fully saturated rings. The lowest BCUT2D eigenvalue weighted by molar-refractivity contribution is -0.0685. The highest BCUT2D eigenvalue weighted by Crippen LogP contribution is 2.65. The maximum absolute atomic E-state index is 11.3. The molecule has 1 aromatic rings. The third-order valence-electron chi connectivity index (χ3n) is 9.17. The van der Waals surface area contributed by atoms with Gasteiger partial charge in [-0.15, -0.1) is 0 Å². The summed E-state index contributed by atoms with van der Waals surface area (Å²) in [5, 5.41) is 22.3. The van der Waals surface area contributed by atoms with Gasteiger partial charge in [-0.2, -0.15) is 0 Å². The van der Waals surface area contributed by atoms with Crippen LogP contribution in [0, 0.1) is 28.6 Å². The summed E-state index contributed by atoms with van der Waals surface area (Å²) in [5.74, 6) is 1.87. The van der Waals surface area contributed by atoms with E-state index in [9.17, 15) is 10.2 Å². The quantitative estimate of drug-likeness (QED) is 0.554. The fraction of sp³-hybridized carbons (Fsp3) is 0.615.